The zero-order valence-corrected chi connectivity index (χ0v) is 14.8. The SMILES string of the molecule is CC(C)c1cc(C(=O)Nc2nccs2)n(CCc2ccsc2)c1. The molecule has 0 aliphatic carbocycles. The molecule has 120 valence electrons. The zero-order chi connectivity index (χ0) is 16.2. The Morgan fingerprint density at radius 1 is 1.39 bits per heavy atom. The first-order valence-electron chi connectivity index (χ1n) is 7.55. The predicted molar refractivity (Wildman–Crippen MR) is 96.6 cm³/mol. The van der Waals surface area contributed by atoms with Crippen molar-refractivity contribution in [3.05, 3.63) is 57.5 Å². The Bertz CT molecular complexity index is 758. The molecule has 0 bridgehead atoms. The molecule has 0 spiro atoms. The highest BCUT2D eigenvalue weighted by Crippen LogP contribution is 2.21. The molecule has 4 nitrogen and oxygen atoms in total. The number of hydrogen-bond acceptors (Lipinski definition) is 4. The van der Waals surface area contributed by atoms with E-state index in [1.165, 1.54) is 22.5 Å². The van der Waals surface area contributed by atoms with Gasteiger partial charge in [0.05, 0.1) is 0 Å². The first-order chi connectivity index (χ1) is 11.1. The van der Waals surface area contributed by atoms with Crippen LogP contribution in [0, 0.1) is 0 Å². The van der Waals surface area contributed by atoms with Gasteiger partial charge in [-0.1, -0.05) is 13.8 Å². The van der Waals surface area contributed by atoms with Crippen LogP contribution in [-0.4, -0.2) is 15.5 Å². The number of nitrogens with one attached hydrogen (secondary N) is 1. The molecule has 0 aliphatic heterocycles. The third-order valence-corrected chi connectivity index (χ3v) is 5.11. The van der Waals surface area contributed by atoms with Gasteiger partial charge in [0, 0.05) is 24.3 Å². The van der Waals surface area contributed by atoms with Gasteiger partial charge in [0.25, 0.3) is 5.91 Å². The Hall–Kier alpha value is -1.92. The third kappa shape index (κ3) is 3.89. The lowest BCUT2D eigenvalue weighted by Gasteiger charge is -2.08. The molecule has 0 saturated heterocycles. The molecule has 0 atom stereocenters. The van der Waals surface area contributed by atoms with Crippen molar-refractivity contribution >= 4 is 33.7 Å². The van der Waals surface area contributed by atoms with Crippen LogP contribution in [0.4, 0.5) is 5.13 Å². The number of thiazole rings is 1. The van der Waals surface area contributed by atoms with E-state index >= 15 is 0 Å². The van der Waals surface area contributed by atoms with E-state index in [4.69, 9.17) is 0 Å². The molecule has 3 heterocycles. The number of anilines is 1. The molecular formula is C17H19N3OS2. The summed E-state index contributed by atoms with van der Waals surface area (Å²) < 4.78 is 2.05. The van der Waals surface area contributed by atoms with Crippen molar-refractivity contribution in [3.8, 4) is 0 Å². The minimum absolute atomic E-state index is 0.0998. The highest BCUT2D eigenvalue weighted by atomic mass is 32.1. The molecule has 3 aromatic heterocycles. The fourth-order valence-electron chi connectivity index (χ4n) is 2.36. The number of aryl methyl sites for hydroxylation is 2. The molecule has 0 unspecified atom stereocenters. The highest BCUT2D eigenvalue weighted by molar-refractivity contribution is 7.13. The van der Waals surface area contributed by atoms with Crippen LogP contribution in [0.5, 0.6) is 0 Å². The number of thiophene rings is 1. The number of nitrogens with zero attached hydrogens (tertiary/aromatic N) is 2. The normalized spacial score (nSPS) is 11.1. The van der Waals surface area contributed by atoms with E-state index in [0.29, 0.717) is 16.7 Å². The van der Waals surface area contributed by atoms with E-state index in [0.717, 1.165) is 13.0 Å². The minimum atomic E-state index is -0.0998. The number of carbonyl (C=O) groups excluding carboxylic acids is 1. The summed E-state index contributed by atoms with van der Waals surface area (Å²) in [5, 5.41) is 9.60. The van der Waals surface area contributed by atoms with Crippen LogP contribution < -0.4 is 5.32 Å². The fourth-order valence-corrected chi connectivity index (χ4v) is 3.58. The summed E-state index contributed by atoms with van der Waals surface area (Å²) in [4.78, 5) is 16.7. The minimum Gasteiger partial charge on any atom is -0.343 e. The second-order valence-electron chi connectivity index (χ2n) is 5.68. The smallest absolute Gasteiger partial charge is 0.274 e. The maximum atomic E-state index is 12.6. The topological polar surface area (TPSA) is 46.9 Å². The summed E-state index contributed by atoms with van der Waals surface area (Å²) in [6, 6.07) is 4.12. The molecule has 23 heavy (non-hydrogen) atoms. The van der Waals surface area contributed by atoms with Crippen molar-refractivity contribution in [1.82, 2.24) is 9.55 Å². The monoisotopic (exact) mass is 345 g/mol. The van der Waals surface area contributed by atoms with Crippen LogP contribution in [-0.2, 0) is 13.0 Å². The van der Waals surface area contributed by atoms with Gasteiger partial charge in [0.2, 0.25) is 0 Å². The van der Waals surface area contributed by atoms with Crippen molar-refractivity contribution in [2.45, 2.75) is 32.7 Å². The average molecular weight is 345 g/mol. The van der Waals surface area contributed by atoms with Gasteiger partial charge in [-0.15, -0.1) is 11.3 Å². The molecule has 1 amide bonds. The number of rotatable bonds is 6. The predicted octanol–water partition coefficient (Wildman–Crippen LogP) is 4.62. The number of hydrogen-bond donors (Lipinski definition) is 1. The molecule has 0 fully saturated rings. The van der Waals surface area contributed by atoms with Gasteiger partial charge in [0.1, 0.15) is 5.69 Å². The molecule has 0 aromatic carbocycles. The molecule has 0 saturated carbocycles. The largest absolute Gasteiger partial charge is 0.343 e. The van der Waals surface area contributed by atoms with Gasteiger partial charge in [-0.25, -0.2) is 4.98 Å². The Morgan fingerprint density at radius 3 is 2.91 bits per heavy atom. The maximum Gasteiger partial charge on any atom is 0.274 e. The Labute approximate surface area is 143 Å². The summed E-state index contributed by atoms with van der Waals surface area (Å²) in [7, 11) is 0. The molecule has 3 rings (SSSR count). The van der Waals surface area contributed by atoms with E-state index in [9.17, 15) is 4.79 Å². The van der Waals surface area contributed by atoms with Crippen LogP contribution in [0.15, 0.2) is 40.7 Å². The quantitative estimate of drug-likeness (QED) is 0.708. The third-order valence-electron chi connectivity index (χ3n) is 3.69. The van der Waals surface area contributed by atoms with E-state index in [1.54, 1.807) is 17.5 Å². The highest BCUT2D eigenvalue weighted by Gasteiger charge is 2.16. The summed E-state index contributed by atoms with van der Waals surface area (Å²) in [6.45, 7) is 5.08. The number of aromatic nitrogens is 2. The molecular weight excluding hydrogens is 326 g/mol. The molecule has 6 heteroatoms. The Kier molecular flexibility index (Phi) is 4.93. The lowest BCUT2D eigenvalue weighted by molar-refractivity contribution is 0.101. The Balaban J connectivity index is 1.80. The standard InChI is InChI=1S/C17H19N3OS2/c1-12(2)14-9-15(16(21)19-17-18-5-8-23-17)20(10-14)6-3-13-4-7-22-11-13/h4-5,7-12H,3,6H2,1-2H3,(H,18,19,21). The van der Waals surface area contributed by atoms with Gasteiger partial charge in [-0.3, -0.25) is 10.1 Å². The fraction of sp³-hybridized carbons (Fsp3) is 0.294. The second kappa shape index (κ2) is 7.10. The number of carbonyl (C=O) groups is 1. The summed E-state index contributed by atoms with van der Waals surface area (Å²) in [5.74, 6) is 0.293. The van der Waals surface area contributed by atoms with Gasteiger partial charge >= 0.3 is 0 Å². The van der Waals surface area contributed by atoms with Gasteiger partial charge in [-0.2, -0.15) is 11.3 Å². The molecule has 0 radical (unpaired) electrons. The van der Waals surface area contributed by atoms with Crippen LogP contribution >= 0.6 is 22.7 Å². The molecule has 0 aliphatic rings. The van der Waals surface area contributed by atoms with Crippen LogP contribution in [0.3, 0.4) is 0 Å². The Morgan fingerprint density at radius 2 is 2.26 bits per heavy atom. The first kappa shape index (κ1) is 16.0. The van der Waals surface area contributed by atoms with Crippen LogP contribution in [0.25, 0.3) is 0 Å². The van der Waals surface area contributed by atoms with Gasteiger partial charge in [-0.05, 0) is 46.4 Å². The summed E-state index contributed by atoms with van der Waals surface area (Å²) >= 11 is 3.13. The van der Waals surface area contributed by atoms with Gasteiger partial charge in [0.15, 0.2) is 5.13 Å². The van der Waals surface area contributed by atoms with E-state index in [2.05, 4.69) is 51.7 Å². The second-order valence-corrected chi connectivity index (χ2v) is 7.35. The lowest BCUT2D eigenvalue weighted by Crippen LogP contribution is -2.17. The first-order valence-corrected chi connectivity index (χ1v) is 9.37. The van der Waals surface area contributed by atoms with Crippen LogP contribution in [0.2, 0.25) is 0 Å². The molecule has 1 N–H and O–H groups in total. The average Bonchev–Trinajstić information content (AvgIpc) is 3.26. The van der Waals surface area contributed by atoms with Crippen molar-refractivity contribution in [2.75, 3.05) is 5.32 Å². The summed E-state index contributed by atoms with van der Waals surface area (Å²) in [6.07, 6.45) is 4.70. The van der Waals surface area contributed by atoms with E-state index in [1.807, 2.05) is 11.4 Å². The lowest BCUT2D eigenvalue weighted by atomic mass is 10.1. The van der Waals surface area contributed by atoms with Gasteiger partial charge < -0.3 is 4.57 Å². The zero-order valence-electron chi connectivity index (χ0n) is 13.2. The van der Waals surface area contributed by atoms with E-state index in [-0.39, 0.29) is 5.91 Å². The van der Waals surface area contributed by atoms with E-state index < -0.39 is 0 Å². The van der Waals surface area contributed by atoms with Crippen molar-refractivity contribution in [2.24, 2.45) is 0 Å². The van der Waals surface area contributed by atoms with Crippen molar-refractivity contribution in [1.29, 1.82) is 0 Å². The van der Waals surface area contributed by atoms with Crippen molar-refractivity contribution < 1.29 is 4.79 Å². The van der Waals surface area contributed by atoms with Crippen LogP contribution in [0.1, 0.15) is 41.4 Å². The summed E-state index contributed by atoms with van der Waals surface area (Å²) in [5.41, 5.74) is 3.18. The maximum absolute atomic E-state index is 12.6. The van der Waals surface area contributed by atoms with Crippen molar-refractivity contribution in [3.63, 3.8) is 0 Å². The number of amides is 1. The molecule has 3 aromatic rings.